The highest BCUT2D eigenvalue weighted by atomic mass is 32.2. The molecule has 0 saturated heterocycles. The topological polar surface area (TPSA) is 55.1 Å². The number of anilines is 2. The van der Waals surface area contributed by atoms with E-state index in [1.54, 1.807) is 36.0 Å². The Labute approximate surface area is 134 Å². The maximum Gasteiger partial charge on any atom is 0.224 e. The molecular weight excluding hydrogens is 299 g/mol. The largest absolute Gasteiger partial charge is 0.397 e. The number of rotatable bonds is 7. The summed E-state index contributed by atoms with van der Waals surface area (Å²) in [5, 5.41) is 2.81. The number of unbranched alkanes of at least 4 members (excludes halogenated alkanes) is 1. The lowest BCUT2D eigenvalue weighted by Gasteiger charge is -2.07. The quantitative estimate of drug-likeness (QED) is 0.454. The summed E-state index contributed by atoms with van der Waals surface area (Å²) in [5.74, 6) is 0.665. The van der Waals surface area contributed by atoms with E-state index in [4.69, 9.17) is 5.73 Å². The minimum atomic E-state index is -0.221. The number of hydrogen-bond acceptors (Lipinski definition) is 3. The average molecular weight is 318 g/mol. The van der Waals surface area contributed by atoms with E-state index >= 15 is 0 Å². The average Bonchev–Trinajstić information content (AvgIpc) is 2.51. The summed E-state index contributed by atoms with van der Waals surface area (Å²) in [4.78, 5) is 12.9. The maximum absolute atomic E-state index is 12.8. The molecule has 0 atom stereocenters. The van der Waals surface area contributed by atoms with E-state index in [1.165, 1.54) is 12.1 Å². The third kappa shape index (κ3) is 5.41. The highest BCUT2D eigenvalue weighted by Crippen LogP contribution is 2.20. The molecule has 1 amide bonds. The van der Waals surface area contributed by atoms with E-state index in [0.717, 1.165) is 23.5 Å². The Morgan fingerprint density at radius 1 is 1.09 bits per heavy atom. The van der Waals surface area contributed by atoms with E-state index in [-0.39, 0.29) is 11.7 Å². The first-order chi connectivity index (χ1) is 10.6. The summed E-state index contributed by atoms with van der Waals surface area (Å²) in [6.07, 6.45) is 2.21. The molecule has 0 unspecified atom stereocenters. The second-order valence-corrected chi connectivity index (χ2v) is 6.06. The normalized spacial score (nSPS) is 10.4. The second-order valence-electron chi connectivity index (χ2n) is 4.89. The number of carbonyl (C=O) groups excluding carboxylic acids is 1. The smallest absolute Gasteiger partial charge is 0.224 e. The second kappa shape index (κ2) is 8.44. The van der Waals surface area contributed by atoms with Gasteiger partial charge in [-0.1, -0.05) is 12.1 Å². The molecule has 0 aliphatic rings. The van der Waals surface area contributed by atoms with Crippen LogP contribution in [0.4, 0.5) is 15.8 Å². The maximum atomic E-state index is 12.8. The van der Waals surface area contributed by atoms with Crippen molar-refractivity contribution in [2.24, 2.45) is 0 Å². The fourth-order valence-electron chi connectivity index (χ4n) is 1.93. The molecule has 0 radical (unpaired) electrons. The molecule has 5 heteroatoms. The summed E-state index contributed by atoms with van der Waals surface area (Å²) >= 11 is 1.67. The van der Waals surface area contributed by atoms with Crippen LogP contribution in [0.3, 0.4) is 0 Å². The number of hydrogen-bond donors (Lipinski definition) is 2. The minimum Gasteiger partial charge on any atom is -0.397 e. The van der Waals surface area contributed by atoms with Gasteiger partial charge in [-0.15, -0.1) is 11.8 Å². The summed E-state index contributed by atoms with van der Waals surface area (Å²) in [6, 6.07) is 13.7. The fourth-order valence-corrected chi connectivity index (χ4v) is 2.84. The van der Waals surface area contributed by atoms with Crippen molar-refractivity contribution in [1.82, 2.24) is 0 Å². The van der Waals surface area contributed by atoms with Gasteiger partial charge in [0, 0.05) is 11.3 Å². The van der Waals surface area contributed by atoms with Gasteiger partial charge in [0.05, 0.1) is 11.4 Å². The monoisotopic (exact) mass is 318 g/mol. The first-order valence-corrected chi connectivity index (χ1v) is 8.16. The van der Waals surface area contributed by atoms with Gasteiger partial charge in [-0.3, -0.25) is 4.79 Å². The molecule has 3 nitrogen and oxygen atoms in total. The number of nitrogen functional groups attached to an aromatic ring is 1. The van der Waals surface area contributed by atoms with Crippen molar-refractivity contribution in [2.45, 2.75) is 24.2 Å². The van der Waals surface area contributed by atoms with E-state index in [0.29, 0.717) is 17.8 Å². The molecule has 116 valence electrons. The number of benzene rings is 2. The highest BCUT2D eigenvalue weighted by molar-refractivity contribution is 7.99. The van der Waals surface area contributed by atoms with Crippen LogP contribution in [0.2, 0.25) is 0 Å². The predicted octanol–water partition coefficient (Wildman–Crippen LogP) is 4.31. The van der Waals surface area contributed by atoms with Crippen molar-refractivity contribution in [2.75, 3.05) is 16.8 Å². The van der Waals surface area contributed by atoms with Crippen molar-refractivity contribution >= 4 is 29.0 Å². The minimum absolute atomic E-state index is 0.0234. The van der Waals surface area contributed by atoms with Crippen LogP contribution in [-0.4, -0.2) is 11.7 Å². The van der Waals surface area contributed by atoms with Gasteiger partial charge < -0.3 is 11.1 Å². The van der Waals surface area contributed by atoms with Crippen LogP contribution in [0, 0.1) is 5.82 Å². The van der Waals surface area contributed by atoms with E-state index in [9.17, 15) is 9.18 Å². The van der Waals surface area contributed by atoms with Crippen LogP contribution in [0.25, 0.3) is 0 Å². The number of halogens is 1. The lowest BCUT2D eigenvalue weighted by atomic mass is 10.2. The van der Waals surface area contributed by atoms with Crippen LogP contribution in [0.15, 0.2) is 53.4 Å². The molecule has 0 bridgehead atoms. The molecule has 2 rings (SSSR count). The van der Waals surface area contributed by atoms with Crippen LogP contribution in [0.5, 0.6) is 0 Å². The lowest BCUT2D eigenvalue weighted by Crippen LogP contribution is -2.12. The van der Waals surface area contributed by atoms with Gasteiger partial charge >= 0.3 is 0 Å². The Kier molecular flexibility index (Phi) is 6.27. The predicted molar refractivity (Wildman–Crippen MR) is 90.5 cm³/mol. The van der Waals surface area contributed by atoms with E-state index < -0.39 is 0 Å². The first-order valence-electron chi connectivity index (χ1n) is 7.18. The van der Waals surface area contributed by atoms with Crippen molar-refractivity contribution < 1.29 is 9.18 Å². The van der Waals surface area contributed by atoms with Gasteiger partial charge in [0.25, 0.3) is 0 Å². The van der Waals surface area contributed by atoms with Gasteiger partial charge in [-0.25, -0.2) is 4.39 Å². The molecular formula is C17H19FN2OS. The Morgan fingerprint density at radius 2 is 1.82 bits per heavy atom. The molecule has 3 N–H and O–H groups in total. The number of nitrogens with one attached hydrogen (secondary N) is 1. The first kappa shape index (κ1) is 16.4. The SMILES string of the molecule is Nc1ccccc1NC(=O)CCCCSc1ccc(F)cc1. The number of amides is 1. The zero-order chi connectivity index (χ0) is 15.8. The molecule has 2 aromatic rings. The van der Waals surface area contributed by atoms with Crippen molar-refractivity contribution in [3.05, 3.63) is 54.3 Å². The number of carbonyl (C=O) groups is 1. The number of para-hydroxylation sites is 2. The third-order valence-corrected chi connectivity index (χ3v) is 4.21. The van der Waals surface area contributed by atoms with Gasteiger partial charge in [0.1, 0.15) is 5.82 Å². The Balaban J connectivity index is 1.63. The third-order valence-electron chi connectivity index (χ3n) is 3.12. The van der Waals surface area contributed by atoms with Gasteiger partial charge in [-0.2, -0.15) is 0 Å². The highest BCUT2D eigenvalue weighted by Gasteiger charge is 2.04. The summed E-state index contributed by atoms with van der Waals surface area (Å²) in [7, 11) is 0. The van der Waals surface area contributed by atoms with Crippen LogP contribution < -0.4 is 11.1 Å². The van der Waals surface area contributed by atoms with Gasteiger partial charge in [0.15, 0.2) is 0 Å². The molecule has 2 aromatic carbocycles. The van der Waals surface area contributed by atoms with Gasteiger partial charge in [-0.05, 0) is 55.0 Å². The Hall–Kier alpha value is -2.01. The summed E-state index contributed by atoms with van der Waals surface area (Å²) in [5.41, 5.74) is 7.01. The van der Waals surface area contributed by atoms with E-state index in [1.807, 2.05) is 12.1 Å². The molecule has 0 aliphatic carbocycles. The number of nitrogens with two attached hydrogens (primary N) is 1. The summed E-state index contributed by atoms with van der Waals surface area (Å²) < 4.78 is 12.8. The molecule has 0 aromatic heterocycles. The van der Waals surface area contributed by atoms with Gasteiger partial charge in [0.2, 0.25) is 5.91 Å². The van der Waals surface area contributed by atoms with Crippen LogP contribution >= 0.6 is 11.8 Å². The molecule has 0 aliphatic heterocycles. The zero-order valence-corrected chi connectivity index (χ0v) is 13.0. The van der Waals surface area contributed by atoms with Crippen molar-refractivity contribution in [3.63, 3.8) is 0 Å². The lowest BCUT2D eigenvalue weighted by molar-refractivity contribution is -0.116. The van der Waals surface area contributed by atoms with Crippen molar-refractivity contribution in [3.8, 4) is 0 Å². The Morgan fingerprint density at radius 3 is 2.55 bits per heavy atom. The molecule has 0 fully saturated rings. The van der Waals surface area contributed by atoms with E-state index in [2.05, 4.69) is 5.32 Å². The fraction of sp³-hybridized carbons (Fsp3) is 0.235. The Bertz CT molecular complexity index is 616. The molecule has 0 heterocycles. The summed E-state index contributed by atoms with van der Waals surface area (Å²) in [6.45, 7) is 0. The van der Waals surface area contributed by atoms with Crippen LogP contribution in [0.1, 0.15) is 19.3 Å². The molecule has 0 saturated carbocycles. The zero-order valence-electron chi connectivity index (χ0n) is 12.2. The van der Waals surface area contributed by atoms with Crippen molar-refractivity contribution in [1.29, 1.82) is 0 Å². The van der Waals surface area contributed by atoms with Crippen LogP contribution in [-0.2, 0) is 4.79 Å². The molecule has 22 heavy (non-hydrogen) atoms. The number of thioether (sulfide) groups is 1. The standard InChI is InChI=1S/C17H19FN2OS/c18-13-8-10-14(11-9-13)22-12-4-3-7-17(21)20-16-6-2-1-5-15(16)19/h1-2,5-6,8-11H,3-4,7,12,19H2,(H,20,21). The molecule has 0 spiro atoms.